The highest BCUT2D eigenvalue weighted by atomic mass is 16.5. The number of hydrazone groups is 1. The predicted octanol–water partition coefficient (Wildman–Crippen LogP) is 6.51. The standard InChI is InChI=1S/C43H43N5O8/c1-5-54-36-24-31(39-38(42(51)53-4)27(3)45-43(52)46-39)19-22-35(36)56-26-37(49)47-44-25-32-23-34(28-13-9-7-10-14-28)48(40(32)29-15-11-8-12-16-29)33-20-17-30(18-21-33)41(50)55-6-2/h7-25,37,39,47,49H,5-6,26H2,1-4H3,(H2,45,46,52)/b44-25+/t37-,39-/m0/s1. The third-order valence-corrected chi connectivity index (χ3v) is 8.88. The molecule has 0 saturated heterocycles. The largest absolute Gasteiger partial charge is 0.490 e. The first kappa shape index (κ1) is 38.9. The van der Waals surface area contributed by atoms with Crippen molar-refractivity contribution in [2.45, 2.75) is 33.0 Å². The molecular formula is C43H43N5O8. The molecule has 0 radical (unpaired) electrons. The zero-order valence-corrected chi connectivity index (χ0v) is 31.4. The summed E-state index contributed by atoms with van der Waals surface area (Å²) in [7, 11) is 1.28. The zero-order valence-electron chi connectivity index (χ0n) is 31.4. The Morgan fingerprint density at radius 2 is 1.57 bits per heavy atom. The summed E-state index contributed by atoms with van der Waals surface area (Å²) in [6, 6.07) is 32.9. The number of amides is 2. The van der Waals surface area contributed by atoms with Crippen molar-refractivity contribution >= 4 is 24.2 Å². The normalized spacial score (nSPS) is 14.4. The van der Waals surface area contributed by atoms with E-state index < -0.39 is 24.3 Å². The second-order valence-electron chi connectivity index (χ2n) is 12.6. The molecule has 6 rings (SSSR count). The Kier molecular flexibility index (Phi) is 12.5. The van der Waals surface area contributed by atoms with Gasteiger partial charge in [-0.15, -0.1) is 0 Å². The van der Waals surface area contributed by atoms with Crippen LogP contribution in [0.1, 0.15) is 48.3 Å². The number of carbonyl (C=O) groups is 3. The first-order chi connectivity index (χ1) is 27.2. The molecule has 5 aromatic rings. The minimum Gasteiger partial charge on any atom is -0.490 e. The number of aliphatic hydroxyl groups is 1. The Morgan fingerprint density at radius 3 is 2.23 bits per heavy atom. The molecule has 1 aliphatic rings. The Morgan fingerprint density at radius 1 is 0.875 bits per heavy atom. The Labute approximate surface area is 324 Å². The summed E-state index contributed by atoms with van der Waals surface area (Å²) in [6.45, 7) is 5.62. The number of ether oxygens (including phenoxy) is 4. The number of nitrogens with zero attached hydrogens (tertiary/aromatic N) is 2. The molecule has 0 bridgehead atoms. The molecule has 2 heterocycles. The second kappa shape index (κ2) is 18.0. The van der Waals surface area contributed by atoms with Crippen LogP contribution in [0.15, 0.2) is 126 Å². The summed E-state index contributed by atoms with van der Waals surface area (Å²) >= 11 is 0. The fourth-order valence-corrected chi connectivity index (χ4v) is 6.39. The number of rotatable bonds is 15. The van der Waals surface area contributed by atoms with Crippen LogP contribution in [0.2, 0.25) is 0 Å². The molecule has 4 aromatic carbocycles. The number of allylic oxidation sites excluding steroid dienone is 1. The van der Waals surface area contributed by atoms with Crippen LogP contribution >= 0.6 is 0 Å². The number of nitrogens with one attached hydrogen (secondary N) is 3. The number of urea groups is 1. The molecular weight excluding hydrogens is 714 g/mol. The lowest BCUT2D eigenvalue weighted by Crippen LogP contribution is -2.45. The van der Waals surface area contributed by atoms with Crippen molar-refractivity contribution in [1.82, 2.24) is 20.6 Å². The van der Waals surface area contributed by atoms with E-state index in [4.69, 9.17) is 18.9 Å². The van der Waals surface area contributed by atoms with Gasteiger partial charge in [0.05, 0.1) is 55.1 Å². The monoisotopic (exact) mass is 757 g/mol. The third-order valence-electron chi connectivity index (χ3n) is 8.88. The third kappa shape index (κ3) is 8.74. The molecule has 0 saturated carbocycles. The highest BCUT2D eigenvalue weighted by molar-refractivity contribution is 5.95. The van der Waals surface area contributed by atoms with Crippen molar-refractivity contribution < 1.29 is 38.4 Å². The average Bonchev–Trinajstić information content (AvgIpc) is 3.60. The molecule has 2 amide bonds. The summed E-state index contributed by atoms with van der Waals surface area (Å²) < 4.78 is 24.1. The van der Waals surface area contributed by atoms with Gasteiger partial charge < -0.3 is 39.3 Å². The molecule has 13 nitrogen and oxygen atoms in total. The lowest BCUT2D eigenvalue weighted by atomic mass is 9.95. The molecule has 0 spiro atoms. The molecule has 2 atom stereocenters. The van der Waals surface area contributed by atoms with Crippen molar-refractivity contribution in [3.05, 3.63) is 137 Å². The van der Waals surface area contributed by atoms with E-state index in [1.54, 1.807) is 50.4 Å². The van der Waals surface area contributed by atoms with Gasteiger partial charge >= 0.3 is 18.0 Å². The van der Waals surface area contributed by atoms with Gasteiger partial charge in [-0.3, -0.25) is 5.43 Å². The van der Waals surface area contributed by atoms with E-state index in [0.29, 0.717) is 34.9 Å². The molecule has 4 N–H and O–H groups in total. The van der Waals surface area contributed by atoms with Gasteiger partial charge in [0.2, 0.25) is 0 Å². The van der Waals surface area contributed by atoms with E-state index in [9.17, 15) is 19.5 Å². The van der Waals surface area contributed by atoms with Crippen molar-refractivity contribution in [3.8, 4) is 39.7 Å². The number of aliphatic hydroxyl groups excluding tert-OH is 1. The maximum Gasteiger partial charge on any atom is 0.338 e. The maximum atomic E-state index is 12.6. The van der Waals surface area contributed by atoms with Crippen LogP contribution in [-0.2, 0) is 14.3 Å². The van der Waals surface area contributed by atoms with Crippen LogP contribution in [0, 0.1) is 0 Å². The first-order valence-corrected chi connectivity index (χ1v) is 18.1. The van der Waals surface area contributed by atoms with E-state index in [0.717, 1.165) is 33.8 Å². The number of hydrogen-bond acceptors (Lipinski definition) is 10. The highest BCUT2D eigenvalue weighted by Gasteiger charge is 2.32. The summed E-state index contributed by atoms with van der Waals surface area (Å²) in [5.74, 6) is -0.278. The summed E-state index contributed by atoms with van der Waals surface area (Å²) in [6.07, 6.45) is 0.427. The number of aromatic nitrogens is 1. The predicted molar refractivity (Wildman–Crippen MR) is 212 cm³/mol. The van der Waals surface area contributed by atoms with E-state index in [2.05, 4.69) is 25.7 Å². The number of hydrogen-bond donors (Lipinski definition) is 4. The lowest BCUT2D eigenvalue weighted by molar-refractivity contribution is -0.136. The molecule has 0 fully saturated rings. The van der Waals surface area contributed by atoms with Gasteiger partial charge in [-0.25, -0.2) is 14.4 Å². The van der Waals surface area contributed by atoms with Crippen LogP contribution in [0.25, 0.3) is 28.2 Å². The van der Waals surface area contributed by atoms with E-state index in [1.807, 2.05) is 85.8 Å². The van der Waals surface area contributed by atoms with Crippen LogP contribution in [0.3, 0.4) is 0 Å². The van der Waals surface area contributed by atoms with Crippen LogP contribution < -0.4 is 25.5 Å². The highest BCUT2D eigenvalue weighted by Crippen LogP contribution is 2.37. The van der Waals surface area contributed by atoms with Crippen LogP contribution in [0.5, 0.6) is 11.5 Å². The van der Waals surface area contributed by atoms with Gasteiger partial charge in [0, 0.05) is 16.9 Å². The zero-order chi connectivity index (χ0) is 39.6. The van der Waals surface area contributed by atoms with Crippen molar-refractivity contribution in [1.29, 1.82) is 0 Å². The smallest absolute Gasteiger partial charge is 0.338 e. The Balaban J connectivity index is 1.25. The molecule has 56 heavy (non-hydrogen) atoms. The van der Waals surface area contributed by atoms with Crippen molar-refractivity contribution in [2.24, 2.45) is 5.10 Å². The second-order valence-corrected chi connectivity index (χ2v) is 12.6. The van der Waals surface area contributed by atoms with Gasteiger partial charge in [-0.2, -0.15) is 5.10 Å². The van der Waals surface area contributed by atoms with E-state index in [1.165, 1.54) is 7.11 Å². The molecule has 0 unspecified atom stereocenters. The molecule has 1 aromatic heterocycles. The van der Waals surface area contributed by atoms with Gasteiger partial charge in [0.15, 0.2) is 17.7 Å². The number of esters is 2. The average molecular weight is 758 g/mol. The Hall–Kier alpha value is -6.86. The quantitative estimate of drug-likeness (QED) is 0.0404. The molecule has 13 heteroatoms. The summed E-state index contributed by atoms with van der Waals surface area (Å²) in [5, 5.41) is 20.7. The van der Waals surface area contributed by atoms with E-state index in [-0.39, 0.29) is 24.8 Å². The molecule has 1 aliphatic heterocycles. The Bertz CT molecular complexity index is 2230. The minimum absolute atomic E-state index is 0.193. The topological polar surface area (TPSA) is 162 Å². The van der Waals surface area contributed by atoms with Crippen LogP contribution in [-0.4, -0.2) is 67.0 Å². The van der Waals surface area contributed by atoms with Crippen molar-refractivity contribution in [2.75, 3.05) is 26.9 Å². The fraction of sp³-hybridized carbons (Fsp3) is 0.209. The SMILES string of the molecule is CCOC(=O)c1ccc(-n2c(-c3ccccc3)cc(/C=N/N[C@@H](O)COc3ccc([C@@H]4NC(=O)NC(C)=C4C(=O)OC)cc3OCC)c2-c2ccccc2)cc1. The van der Waals surface area contributed by atoms with E-state index >= 15 is 0 Å². The van der Waals surface area contributed by atoms with Crippen LogP contribution in [0.4, 0.5) is 4.79 Å². The van der Waals surface area contributed by atoms with Gasteiger partial charge in [0.25, 0.3) is 0 Å². The first-order valence-electron chi connectivity index (χ1n) is 18.1. The fourth-order valence-electron chi connectivity index (χ4n) is 6.39. The maximum absolute atomic E-state index is 12.6. The van der Waals surface area contributed by atoms with Gasteiger partial charge in [0.1, 0.15) is 6.61 Å². The summed E-state index contributed by atoms with van der Waals surface area (Å²) in [5.41, 5.74) is 9.63. The summed E-state index contributed by atoms with van der Waals surface area (Å²) in [4.78, 5) is 37.3. The lowest BCUT2D eigenvalue weighted by Gasteiger charge is -2.28. The minimum atomic E-state index is -1.22. The molecule has 288 valence electrons. The number of methoxy groups -OCH3 is 1. The van der Waals surface area contributed by atoms with Crippen molar-refractivity contribution in [3.63, 3.8) is 0 Å². The molecule has 0 aliphatic carbocycles. The number of benzene rings is 4. The van der Waals surface area contributed by atoms with Gasteiger partial charge in [-0.1, -0.05) is 66.7 Å². The van der Waals surface area contributed by atoms with Gasteiger partial charge in [-0.05, 0) is 79.9 Å². The number of carbonyl (C=O) groups excluding carboxylic acids is 3.